The fraction of sp³-hybridized carbons (Fsp3) is 0.143. The molecule has 0 aromatic heterocycles. The molecule has 1 aliphatic heterocycles. The number of nitrogens with zero attached hydrogens (tertiary/aromatic N) is 1. The van der Waals surface area contributed by atoms with Crippen molar-refractivity contribution in [3.63, 3.8) is 0 Å². The van der Waals surface area contributed by atoms with E-state index in [0.717, 1.165) is 17.2 Å². The maximum atomic E-state index is 13.7. The third-order valence-electron chi connectivity index (χ3n) is 4.65. The van der Waals surface area contributed by atoms with Crippen molar-refractivity contribution in [3.8, 4) is 22.6 Å². The minimum atomic E-state index is -3.95. The Balaban J connectivity index is 1.80. The summed E-state index contributed by atoms with van der Waals surface area (Å²) in [5.41, 5.74) is 2.07. The smallest absolute Gasteiger partial charge is 0.264 e. The maximum absolute atomic E-state index is 13.7. The largest absolute Gasteiger partial charge is 0.494 e. The highest BCUT2D eigenvalue weighted by atomic mass is 35.5. The van der Waals surface area contributed by atoms with Crippen LogP contribution in [0.25, 0.3) is 11.1 Å². The molecule has 0 unspecified atom stereocenters. The van der Waals surface area contributed by atoms with Gasteiger partial charge in [0, 0.05) is 11.1 Å². The van der Waals surface area contributed by atoms with Crippen LogP contribution >= 0.6 is 11.6 Å². The molecule has 0 saturated carbocycles. The Hall–Kier alpha value is -2.77. The predicted molar refractivity (Wildman–Crippen MR) is 110 cm³/mol. The standard InChI is InChI=1S/C21H17ClFNO4S/c1-27-21-13-17(6-7-18(21)23)29(25,26)24-9-10-28-20-8-5-15(12-19(20)24)14-3-2-4-16(22)11-14/h2-8,11-13H,9-10H2,1H3. The van der Waals surface area contributed by atoms with Crippen molar-refractivity contribution in [1.29, 1.82) is 0 Å². The normalized spacial score (nSPS) is 13.6. The quantitative estimate of drug-likeness (QED) is 0.596. The summed E-state index contributed by atoms with van der Waals surface area (Å²) in [5.74, 6) is -0.302. The molecule has 3 aromatic rings. The number of methoxy groups -OCH3 is 1. The molecule has 0 bridgehead atoms. The minimum Gasteiger partial charge on any atom is -0.494 e. The Morgan fingerprint density at radius 3 is 2.62 bits per heavy atom. The molecular formula is C21H17ClFNO4S. The van der Waals surface area contributed by atoms with Gasteiger partial charge in [-0.05, 0) is 47.5 Å². The zero-order valence-electron chi connectivity index (χ0n) is 15.4. The Kier molecular flexibility index (Phi) is 5.10. The third kappa shape index (κ3) is 3.63. The van der Waals surface area contributed by atoms with Gasteiger partial charge in [0.15, 0.2) is 11.6 Å². The minimum absolute atomic E-state index is 0.0586. The number of halogens is 2. The van der Waals surface area contributed by atoms with E-state index in [9.17, 15) is 12.8 Å². The van der Waals surface area contributed by atoms with Crippen molar-refractivity contribution in [2.75, 3.05) is 24.6 Å². The lowest BCUT2D eigenvalue weighted by Crippen LogP contribution is -2.38. The van der Waals surface area contributed by atoms with Gasteiger partial charge < -0.3 is 9.47 Å². The van der Waals surface area contributed by atoms with Crippen LogP contribution in [0, 0.1) is 5.82 Å². The van der Waals surface area contributed by atoms with Crippen molar-refractivity contribution in [2.24, 2.45) is 0 Å². The highest BCUT2D eigenvalue weighted by molar-refractivity contribution is 7.92. The second-order valence-corrected chi connectivity index (χ2v) is 8.71. The van der Waals surface area contributed by atoms with Gasteiger partial charge in [-0.25, -0.2) is 12.8 Å². The zero-order chi connectivity index (χ0) is 20.6. The molecule has 0 N–H and O–H groups in total. The first-order chi connectivity index (χ1) is 13.9. The molecule has 3 aromatic carbocycles. The number of hydrogen-bond acceptors (Lipinski definition) is 4. The van der Waals surface area contributed by atoms with Gasteiger partial charge in [-0.15, -0.1) is 0 Å². The first kappa shape index (κ1) is 19.5. The molecule has 0 aliphatic carbocycles. The van der Waals surface area contributed by atoms with Crippen LogP contribution in [0.15, 0.2) is 65.6 Å². The number of benzene rings is 3. The van der Waals surface area contributed by atoms with Gasteiger partial charge in [-0.2, -0.15) is 0 Å². The van der Waals surface area contributed by atoms with Gasteiger partial charge in [0.2, 0.25) is 0 Å². The average Bonchev–Trinajstić information content (AvgIpc) is 2.73. The number of ether oxygens (including phenoxy) is 2. The molecule has 0 radical (unpaired) electrons. The summed E-state index contributed by atoms with van der Waals surface area (Å²) in [6, 6.07) is 16.1. The van der Waals surface area contributed by atoms with Crippen molar-refractivity contribution < 1.29 is 22.3 Å². The van der Waals surface area contributed by atoms with E-state index in [1.807, 2.05) is 18.2 Å². The monoisotopic (exact) mass is 433 g/mol. The Morgan fingerprint density at radius 2 is 1.86 bits per heavy atom. The van der Waals surface area contributed by atoms with E-state index in [0.29, 0.717) is 16.5 Å². The van der Waals surface area contributed by atoms with Gasteiger partial charge in [0.05, 0.1) is 24.2 Å². The Morgan fingerprint density at radius 1 is 1.07 bits per heavy atom. The van der Waals surface area contributed by atoms with E-state index in [-0.39, 0.29) is 23.8 Å². The van der Waals surface area contributed by atoms with Crippen LogP contribution in [0.2, 0.25) is 5.02 Å². The van der Waals surface area contributed by atoms with E-state index in [1.165, 1.54) is 23.5 Å². The molecule has 29 heavy (non-hydrogen) atoms. The van der Waals surface area contributed by atoms with E-state index >= 15 is 0 Å². The summed E-state index contributed by atoms with van der Waals surface area (Å²) in [7, 11) is -2.66. The lowest BCUT2D eigenvalue weighted by atomic mass is 10.0. The van der Waals surface area contributed by atoms with E-state index in [4.69, 9.17) is 21.1 Å². The number of fused-ring (bicyclic) bond motifs is 1. The second-order valence-electron chi connectivity index (χ2n) is 6.41. The summed E-state index contributed by atoms with van der Waals surface area (Å²) in [4.78, 5) is -0.0586. The molecule has 5 nitrogen and oxygen atoms in total. The Bertz CT molecular complexity index is 1180. The highest BCUT2D eigenvalue weighted by Gasteiger charge is 2.31. The molecule has 0 atom stereocenters. The molecule has 1 aliphatic rings. The van der Waals surface area contributed by atoms with Gasteiger partial charge in [-0.3, -0.25) is 4.31 Å². The second kappa shape index (κ2) is 7.57. The zero-order valence-corrected chi connectivity index (χ0v) is 17.0. The average molecular weight is 434 g/mol. The number of anilines is 1. The molecule has 1 heterocycles. The van der Waals surface area contributed by atoms with Crippen molar-refractivity contribution in [1.82, 2.24) is 0 Å². The third-order valence-corrected chi connectivity index (χ3v) is 6.69. The van der Waals surface area contributed by atoms with Crippen LogP contribution in [-0.4, -0.2) is 28.7 Å². The van der Waals surface area contributed by atoms with Gasteiger partial charge in [-0.1, -0.05) is 29.8 Å². The molecule has 0 spiro atoms. The predicted octanol–water partition coefficient (Wildman–Crippen LogP) is 4.74. The number of rotatable bonds is 4. The van der Waals surface area contributed by atoms with Crippen LogP contribution < -0.4 is 13.8 Å². The maximum Gasteiger partial charge on any atom is 0.264 e. The molecule has 8 heteroatoms. The van der Waals surface area contributed by atoms with Crippen molar-refractivity contribution >= 4 is 27.3 Å². The van der Waals surface area contributed by atoms with Crippen LogP contribution in [0.5, 0.6) is 11.5 Å². The van der Waals surface area contributed by atoms with Gasteiger partial charge in [0.25, 0.3) is 10.0 Å². The van der Waals surface area contributed by atoms with Crippen LogP contribution in [-0.2, 0) is 10.0 Å². The van der Waals surface area contributed by atoms with E-state index in [2.05, 4.69) is 0 Å². The molecule has 0 saturated heterocycles. The summed E-state index contributed by atoms with van der Waals surface area (Å²) in [6.45, 7) is 0.342. The summed E-state index contributed by atoms with van der Waals surface area (Å²) >= 11 is 6.09. The van der Waals surface area contributed by atoms with Crippen LogP contribution in [0.1, 0.15) is 0 Å². The van der Waals surface area contributed by atoms with Crippen LogP contribution in [0.4, 0.5) is 10.1 Å². The molecule has 150 valence electrons. The molecule has 0 fully saturated rings. The summed E-state index contributed by atoms with van der Waals surface area (Å²) in [6.07, 6.45) is 0. The van der Waals surface area contributed by atoms with E-state index < -0.39 is 15.8 Å². The van der Waals surface area contributed by atoms with E-state index in [1.54, 1.807) is 24.3 Å². The summed E-state index contributed by atoms with van der Waals surface area (Å²) in [5, 5.41) is 0.583. The topological polar surface area (TPSA) is 55.8 Å². The first-order valence-electron chi connectivity index (χ1n) is 8.79. The fourth-order valence-electron chi connectivity index (χ4n) is 3.22. The Labute approximate surface area is 173 Å². The van der Waals surface area contributed by atoms with Crippen molar-refractivity contribution in [3.05, 3.63) is 71.5 Å². The van der Waals surface area contributed by atoms with Crippen molar-refractivity contribution in [2.45, 2.75) is 4.90 Å². The highest BCUT2D eigenvalue weighted by Crippen LogP contribution is 2.39. The lowest BCUT2D eigenvalue weighted by molar-refractivity contribution is 0.316. The fourth-order valence-corrected chi connectivity index (χ4v) is 4.88. The lowest BCUT2D eigenvalue weighted by Gasteiger charge is -2.31. The molecular weight excluding hydrogens is 417 g/mol. The van der Waals surface area contributed by atoms with Gasteiger partial charge >= 0.3 is 0 Å². The van der Waals surface area contributed by atoms with Gasteiger partial charge in [0.1, 0.15) is 12.4 Å². The first-order valence-corrected chi connectivity index (χ1v) is 10.6. The molecule has 0 amide bonds. The number of hydrogen-bond donors (Lipinski definition) is 0. The number of sulfonamides is 1. The molecule has 4 rings (SSSR count). The summed E-state index contributed by atoms with van der Waals surface area (Å²) < 4.78 is 52.2. The van der Waals surface area contributed by atoms with Crippen LogP contribution in [0.3, 0.4) is 0 Å². The SMILES string of the molecule is COc1cc(S(=O)(=O)N2CCOc3ccc(-c4cccc(Cl)c4)cc32)ccc1F.